The van der Waals surface area contributed by atoms with Crippen LogP contribution in [0.1, 0.15) is 37.8 Å². The number of aliphatic hydroxyl groups is 1. The number of benzene rings is 1. The fourth-order valence-electron chi connectivity index (χ4n) is 2.49. The molecule has 4 heteroatoms. The van der Waals surface area contributed by atoms with Gasteiger partial charge in [0.1, 0.15) is 0 Å². The summed E-state index contributed by atoms with van der Waals surface area (Å²) in [6.07, 6.45) is -0.414. The molecule has 2 atom stereocenters. The van der Waals surface area contributed by atoms with Crippen LogP contribution in [0, 0.1) is 6.92 Å². The van der Waals surface area contributed by atoms with Crippen molar-refractivity contribution < 1.29 is 5.11 Å². The second kappa shape index (κ2) is 4.15. The molecule has 0 aromatic heterocycles. The van der Waals surface area contributed by atoms with Crippen LogP contribution in [-0.2, 0) is 0 Å². The van der Waals surface area contributed by atoms with Crippen molar-refractivity contribution in [2.75, 3.05) is 5.32 Å². The summed E-state index contributed by atoms with van der Waals surface area (Å²) in [5, 5.41) is 14.4. The van der Waals surface area contributed by atoms with Crippen molar-refractivity contribution in [2.45, 2.75) is 45.3 Å². The van der Waals surface area contributed by atoms with E-state index in [-0.39, 0.29) is 11.5 Å². The van der Waals surface area contributed by atoms with E-state index in [1.165, 1.54) is 0 Å². The quantitative estimate of drug-likeness (QED) is 0.755. The second-order valence-electron chi connectivity index (χ2n) is 5.34. The van der Waals surface area contributed by atoms with Crippen molar-refractivity contribution in [1.29, 1.82) is 0 Å². The third kappa shape index (κ3) is 1.98. The zero-order valence-electron chi connectivity index (χ0n) is 10.4. The molecule has 1 aromatic rings. The maximum Gasteiger partial charge on any atom is 0.0830 e. The maximum atomic E-state index is 10.3. The summed E-state index contributed by atoms with van der Waals surface area (Å²) in [4.78, 5) is 0. The van der Waals surface area contributed by atoms with Gasteiger partial charge in [-0.15, -0.1) is 0 Å². The first kappa shape index (κ1) is 13.2. The van der Waals surface area contributed by atoms with Gasteiger partial charge in [0.2, 0.25) is 0 Å². The standard InChI is InChI=1S/C13H17BrClNO/c1-6-8-5-9(14)10(15)7(2)11(8)16-13(3,4)12(6)17/h5-6,12,16-17H,1-4H3. The zero-order chi connectivity index (χ0) is 13.0. The van der Waals surface area contributed by atoms with E-state index in [1.54, 1.807) is 0 Å². The van der Waals surface area contributed by atoms with Gasteiger partial charge >= 0.3 is 0 Å². The van der Waals surface area contributed by atoms with E-state index in [2.05, 4.69) is 21.2 Å². The van der Waals surface area contributed by atoms with E-state index in [0.717, 1.165) is 26.3 Å². The van der Waals surface area contributed by atoms with Gasteiger partial charge in [0.25, 0.3) is 0 Å². The van der Waals surface area contributed by atoms with Crippen LogP contribution in [0.3, 0.4) is 0 Å². The molecule has 1 aliphatic rings. The predicted molar refractivity (Wildman–Crippen MR) is 76.0 cm³/mol. The normalized spacial score (nSPS) is 26.3. The summed E-state index contributed by atoms with van der Waals surface area (Å²) >= 11 is 9.70. The Morgan fingerprint density at radius 3 is 2.65 bits per heavy atom. The Bertz CT molecular complexity index is 473. The van der Waals surface area contributed by atoms with Crippen LogP contribution in [-0.4, -0.2) is 16.7 Å². The van der Waals surface area contributed by atoms with Crippen molar-refractivity contribution in [3.05, 3.63) is 26.7 Å². The summed E-state index contributed by atoms with van der Waals surface area (Å²) in [7, 11) is 0. The number of hydrogen-bond acceptors (Lipinski definition) is 2. The fraction of sp³-hybridized carbons (Fsp3) is 0.538. The fourth-order valence-corrected chi connectivity index (χ4v) is 3.19. The minimum atomic E-state index is -0.414. The molecule has 1 heterocycles. The molecule has 0 amide bonds. The Morgan fingerprint density at radius 1 is 1.47 bits per heavy atom. The number of fused-ring (bicyclic) bond motifs is 1. The molecule has 1 aliphatic heterocycles. The lowest BCUT2D eigenvalue weighted by Crippen LogP contribution is -2.50. The summed E-state index contributed by atoms with van der Waals surface area (Å²) in [6.45, 7) is 8.06. The molecule has 17 heavy (non-hydrogen) atoms. The number of anilines is 1. The van der Waals surface area contributed by atoms with E-state index in [9.17, 15) is 5.11 Å². The highest BCUT2D eigenvalue weighted by molar-refractivity contribution is 9.10. The van der Waals surface area contributed by atoms with Crippen LogP contribution in [0.15, 0.2) is 10.5 Å². The van der Waals surface area contributed by atoms with Crippen LogP contribution in [0.2, 0.25) is 5.02 Å². The summed E-state index contributed by atoms with van der Waals surface area (Å²) in [6, 6.07) is 2.00. The number of rotatable bonds is 0. The topological polar surface area (TPSA) is 32.3 Å². The van der Waals surface area contributed by atoms with E-state index < -0.39 is 6.10 Å². The van der Waals surface area contributed by atoms with Crippen LogP contribution in [0.5, 0.6) is 0 Å². The monoisotopic (exact) mass is 317 g/mol. The third-order valence-electron chi connectivity index (χ3n) is 3.64. The molecule has 94 valence electrons. The van der Waals surface area contributed by atoms with Gasteiger partial charge in [-0.05, 0) is 53.9 Å². The Labute approximate surface area is 115 Å². The molecule has 0 fully saturated rings. The van der Waals surface area contributed by atoms with Crippen molar-refractivity contribution in [1.82, 2.24) is 0 Å². The number of hydrogen-bond donors (Lipinski definition) is 2. The Hall–Kier alpha value is -0.250. The number of halogens is 2. The van der Waals surface area contributed by atoms with Gasteiger partial charge in [0, 0.05) is 16.1 Å². The predicted octanol–water partition coefficient (Wildman–Crippen LogP) is 4.08. The SMILES string of the molecule is Cc1c(Cl)c(Br)cc2c1NC(C)(C)C(O)C2C. The lowest BCUT2D eigenvalue weighted by atomic mass is 9.78. The van der Waals surface area contributed by atoms with Gasteiger partial charge in [-0.3, -0.25) is 0 Å². The minimum absolute atomic E-state index is 0.0912. The molecule has 0 aliphatic carbocycles. The molecule has 0 spiro atoms. The molecule has 1 aromatic carbocycles. The van der Waals surface area contributed by atoms with Crippen molar-refractivity contribution in [3.8, 4) is 0 Å². The van der Waals surface area contributed by atoms with Gasteiger partial charge in [0.05, 0.1) is 16.7 Å². The molecular formula is C13H17BrClNO. The highest BCUT2D eigenvalue weighted by Gasteiger charge is 2.39. The van der Waals surface area contributed by atoms with Gasteiger partial charge in [-0.25, -0.2) is 0 Å². The first-order valence-electron chi connectivity index (χ1n) is 5.70. The molecule has 0 saturated heterocycles. The van der Waals surface area contributed by atoms with Crippen molar-refractivity contribution in [3.63, 3.8) is 0 Å². The lowest BCUT2D eigenvalue weighted by Gasteiger charge is -2.43. The van der Waals surface area contributed by atoms with Gasteiger partial charge < -0.3 is 10.4 Å². The molecular weight excluding hydrogens is 302 g/mol. The summed E-state index contributed by atoms with van der Waals surface area (Å²) in [5.74, 6) is 0.0912. The van der Waals surface area contributed by atoms with Crippen LogP contribution in [0.25, 0.3) is 0 Å². The molecule has 0 radical (unpaired) electrons. The molecule has 0 bridgehead atoms. The second-order valence-corrected chi connectivity index (χ2v) is 6.57. The largest absolute Gasteiger partial charge is 0.390 e. The Balaban J connectivity index is 2.65. The van der Waals surface area contributed by atoms with Crippen molar-refractivity contribution in [2.24, 2.45) is 0 Å². The number of nitrogens with one attached hydrogen (secondary N) is 1. The molecule has 2 rings (SSSR count). The molecule has 0 saturated carbocycles. The van der Waals surface area contributed by atoms with E-state index in [4.69, 9.17) is 11.6 Å². The molecule has 2 unspecified atom stereocenters. The average molecular weight is 319 g/mol. The maximum absolute atomic E-state index is 10.3. The highest BCUT2D eigenvalue weighted by Crippen LogP contribution is 2.44. The van der Waals surface area contributed by atoms with Gasteiger partial charge in [0.15, 0.2) is 0 Å². The Morgan fingerprint density at radius 2 is 2.06 bits per heavy atom. The summed E-state index contributed by atoms with van der Waals surface area (Å²) in [5.41, 5.74) is 2.86. The van der Waals surface area contributed by atoms with Gasteiger partial charge in [-0.2, -0.15) is 0 Å². The first-order chi connectivity index (χ1) is 7.75. The molecule has 2 N–H and O–H groups in total. The third-order valence-corrected chi connectivity index (χ3v) is 4.98. The van der Waals surface area contributed by atoms with E-state index in [1.807, 2.05) is 33.8 Å². The Kier molecular flexibility index (Phi) is 3.22. The zero-order valence-corrected chi connectivity index (χ0v) is 12.8. The minimum Gasteiger partial charge on any atom is -0.390 e. The average Bonchev–Trinajstić information content (AvgIpc) is 2.26. The van der Waals surface area contributed by atoms with Crippen LogP contribution < -0.4 is 5.32 Å². The number of aliphatic hydroxyl groups excluding tert-OH is 1. The van der Waals surface area contributed by atoms with E-state index in [0.29, 0.717) is 0 Å². The smallest absolute Gasteiger partial charge is 0.0830 e. The van der Waals surface area contributed by atoms with Crippen molar-refractivity contribution >= 4 is 33.2 Å². The van der Waals surface area contributed by atoms with Gasteiger partial charge in [-0.1, -0.05) is 18.5 Å². The summed E-state index contributed by atoms with van der Waals surface area (Å²) < 4.78 is 0.885. The lowest BCUT2D eigenvalue weighted by molar-refractivity contribution is 0.0868. The van der Waals surface area contributed by atoms with E-state index >= 15 is 0 Å². The first-order valence-corrected chi connectivity index (χ1v) is 6.87. The highest BCUT2D eigenvalue weighted by atomic mass is 79.9. The molecule has 2 nitrogen and oxygen atoms in total. The van der Waals surface area contributed by atoms with Crippen LogP contribution in [0.4, 0.5) is 5.69 Å². The van der Waals surface area contributed by atoms with Crippen LogP contribution >= 0.6 is 27.5 Å².